The Balaban J connectivity index is 1.39. The second-order valence-electron chi connectivity index (χ2n) is 8.28. The summed E-state index contributed by atoms with van der Waals surface area (Å²) in [6.45, 7) is 1.99. The van der Waals surface area contributed by atoms with Crippen LogP contribution in [0.15, 0.2) is 89.5 Å². The minimum Gasteiger partial charge on any atom is -0.493 e. The van der Waals surface area contributed by atoms with Crippen molar-refractivity contribution >= 4 is 28.6 Å². The maximum atomic E-state index is 13.1. The third kappa shape index (κ3) is 4.88. The Bertz CT molecular complexity index is 1510. The minimum atomic E-state index is -0.308. The highest BCUT2D eigenvalue weighted by Crippen LogP contribution is 2.30. The van der Waals surface area contributed by atoms with Gasteiger partial charge < -0.3 is 14.8 Å². The number of halogens is 1. The summed E-state index contributed by atoms with van der Waals surface area (Å²) < 4.78 is 5.78. The first-order valence-electron chi connectivity index (χ1n) is 11.1. The molecule has 174 valence electrons. The van der Waals surface area contributed by atoms with Crippen molar-refractivity contribution < 1.29 is 14.3 Å². The lowest BCUT2D eigenvalue weighted by Gasteiger charge is -2.22. The van der Waals surface area contributed by atoms with Gasteiger partial charge in [0.25, 0.3) is 0 Å². The number of carbonyl (C=O) groups is 1. The number of fused-ring (bicyclic) bond motifs is 1. The zero-order valence-corrected chi connectivity index (χ0v) is 19.7. The lowest BCUT2D eigenvalue weighted by atomic mass is 9.94. The number of aromatic hydroxyl groups is 1. The molecule has 0 saturated heterocycles. The summed E-state index contributed by atoms with van der Waals surface area (Å²) in [7, 11) is 0. The molecule has 3 aromatic carbocycles. The molecule has 7 heteroatoms. The van der Waals surface area contributed by atoms with E-state index < -0.39 is 0 Å². The molecule has 0 aliphatic heterocycles. The van der Waals surface area contributed by atoms with E-state index >= 15 is 0 Å². The van der Waals surface area contributed by atoms with E-state index in [0.717, 1.165) is 22.3 Å². The minimum absolute atomic E-state index is 0.124. The summed E-state index contributed by atoms with van der Waals surface area (Å²) in [6.07, 6.45) is 1.67. The summed E-state index contributed by atoms with van der Waals surface area (Å²) in [5.41, 5.74) is 5.34. The van der Waals surface area contributed by atoms with Crippen molar-refractivity contribution in [2.45, 2.75) is 19.4 Å². The average Bonchev–Trinajstić information content (AvgIpc) is 3.27. The number of aryl methyl sites for hydroxylation is 1. The number of rotatable bonds is 6. The van der Waals surface area contributed by atoms with Gasteiger partial charge in [-0.1, -0.05) is 54.1 Å². The van der Waals surface area contributed by atoms with E-state index in [1.807, 2.05) is 67.6 Å². The molecule has 1 unspecified atom stereocenters. The van der Waals surface area contributed by atoms with Gasteiger partial charge in [0, 0.05) is 11.2 Å². The molecule has 1 atom stereocenters. The van der Waals surface area contributed by atoms with Gasteiger partial charge in [-0.05, 0) is 65.6 Å². The van der Waals surface area contributed by atoms with Gasteiger partial charge in [-0.3, -0.25) is 4.79 Å². The molecule has 0 fully saturated rings. The highest BCUT2D eigenvalue weighted by molar-refractivity contribution is 6.30. The Morgan fingerprint density at radius 1 is 1.06 bits per heavy atom. The fourth-order valence-electron chi connectivity index (χ4n) is 4.11. The van der Waals surface area contributed by atoms with Gasteiger partial charge in [-0.25, -0.2) is 9.97 Å². The summed E-state index contributed by atoms with van der Waals surface area (Å²) in [5.74, 6) is -0.00108. The van der Waals surface area contributed by atoms with Gasteiger partial charge >= 0.3 is 0 Å². The van der Waals surface area contributed by atoms with Crippen molar-refractivity contribution in [3.63, 3.8) is 0 Å². The number of carbonyl (C=O) groups excluding carboxylic acids is 1. The Kier molecular flexibility index (Phi) is 6.21. The maximum absolute atomic E-state index is 13.1. The third-order valence-corrected chi connectivity index (χ3v) is 6.05. The summed E-state index contributed by atoms with van der Waals surface area (Å²) in [4.78, 5) is 21.5. The van der Waals surface area contributed by atoms with Crippen LogP contribution in [0.1, 0.15) is 28.3 Å². The first-order valence-corrected chi connectivity index (χ1v) is 11.5. The molecule has 1 amide bonds. The Morgan fingerprint density at radius 2 is 1.89 bits per heavy atom. The Hall–Kier alpha value is -4.16. The maximum Gasteiger partial charge on any atom is 0.232 e. The summed E-state index contributed by atoms with van der Waals surface area (Å²) >= 11 is 6.16. The smallest absolute Gasteiger partial charge is 0.232 e. The van der Waals surface area contributed by atoms with E-state index in [-0.39, 0.29) is 30.1 Å². The van der Waals surface area contributed by atoms with E-state index in [4.69, 9.17) is 16.0 Å². The molecule has 5 aromatic rings. The monoisotopic (exact) mass is 483 g/mol. The van der Waals surface area contributed by atoms with Crippen molar-refractivity contribution in [3.8, 4) is 17.3 Å². The Morgan fingerprint density at radius 3 is 2.66 bits per heavy atom. The molecule has 0 aliphatic rings. The number of hydrogen-bond donors (Lipinski definition) is 2. The number of benzene rings is 3. The van der Waals surface area contributed by atoms with Crippen LogP contribution in [0, 0.1) is 6.92 Å². The molecular weight excluding hydrogens is 462 g/mol. The van der Waals surface area contributed by atoms with E-state index in [2.05, 4.69) is 15.3 Å². The van der Waals surface area contributed by atoms with Crippen LogP contribution in [0.2, 0.25) is 5.02 Å². The number of pyridine rings is 1. The molecule has 0 saturated carbocycles. The molecule has 0 aliphatic carbocycles. The lowest BCUT2D eigenvalue weighted by Crippen LogP contribution is -2.31. The lowest BCUT2D eigenvalue weighted by molar-refractivity contribution is -0.120. The van der Waals surface area contributed by atoms with E-state index in [1.165, 1.54) is 6.20 Å². The number of oxazole rings is 1. The van der Waals surface area contributed by atoms with Crippen LogP contribution in [-0.4, -0.2) is 21.0 Å². The normalized spacial score (nSPS) is 11.9. The largest absolute Gasteiger partial charge is 0.493 e. The highest BCUT2D eigenvalue weighted by Gasteiger charge is 2.20. The zero-order valence-electron chi connectivity index (χ0n) is 18.9. The fraction of sp³-hybridized carbons (Fsp3) is 0.107. The molecular formula is C28H22ClN3O3. The van der Waals surface area contributed by atoms with Gasteiger partial charge in [0.05, 0.1) is 18.0 Å². The first-order chi connectivity index (χ1) is 17.0. The second-order valence-corrected chi connectivity index (χ2v) is 8.72. The third-order valence-electron chi connectivity index (χ3n) is 5.81. The van der Waals surface area contributed by atoms with Crippen molar-refractivity contribution in [1.29, 1.82) is 0 Å². The van der Waals surface area contributed by atoms with Gasteiger partial charge in [0.1, 0.15) is 5.52 Å². The van der Waals surface area contributed by atoms with Gasteiger partial charge in [-0.2, -0.15) is 0 Å². The number of amides is 1. The summed E-state index contributed by atoms with van der Waals surface area (Å²) in [6, 6.07) is 24.0. The SMILES string of the molecule is Cc1cc(Cl)ccc1C(NC(=O)Cc1ccc2oc(-c3cccnc3O)nc2c1)c1ccccc1. The standard InChI is InChI=1S/C28H22ClN3O3/c1-17-14-20(29)10-11-21(17)26(19-6-3-2-4-7-19)32-25(33)16-18-9-12-24-23(15-18)31-28(35-24)22-8-5-13-30-27(22)34/h2-15,26H,16H2,1H3,(H,30,34)(H,32,33). The van der Waals surface area contributed by atoms with E-state index in [9.17, 15) is 9.90 Å². The molecule has 2 N–H and O–H groups in total. The van der Waals surface area contributed by atoms with Crippen molar-refractivity contribution in [3.05, 3.63) is 112 Å². The topological polar surface area (TPSA) is 88.2 Å². The molecule has 5 rings (SSSR count). The van der Waals surface area contributed by atoms with Crippen LogP contribution in [0.25, 0.3) is 22.6 Å². The zero-order chi connectivity index (χ0) is 24.4. The van der Waals surface area contributed by atoms with Crippen molar-refractivity contribution in [1.82, 2.24) is 15.3 Å². The van der Waals surface area contributed by atoms with Gasteiger partial charge in [0.15, 0.2) is 5.58 Å². The number of nitrogens with zero attached hydrogens (tertiary/aromatic N) is 2. The molecule has 0 spiro atoms. The van der Waals surface area contributed by atoms with Crippen LogP contribution in [0.4, 0.5) is 0 Å². The van der Waals surface area contributed by atoms with Crippen LogP contribution in [-0.2, 0) is 11.2 Å². The fourth-order valence-corrected chi connectivity index (χ4v) is 4.34. The molecule has 6 nitrogen and oxygen atoms in total. The second kappa shape index (κ2) is 9.60. The molecule has 2 aromatic heterocycles. The van der Waals surface area contributed by atoms with Crippen LogP contribution >= 0.6 is 11.6 Å². The summed E-state index contributed by atoms with van der Waals surface area (Å²) in [5, 5.41) is 13.8. The van der Waals surface area contributed by atoms with Crippen LogP contribution in [0.3, 0.4) is 0 Å². The number of nitrogens with one attached hydrogen (secondary N) is 1. The first kappa shape index (κ1) is 22.6. The quantitative estimate of drug-likeness (QED) is 0.309. The van der Waals surface area contributed by atoms with Crippen molar-refractivity contribution in [2.24, 2.45) is 0 Å². The molecule has 0 bridgehead atoms. The predicted octanol–water partition coefficient (Wildman–Crippen LogP) is 6.01. The van der Waals surface area contributed by atoms with Gasteiger partial charge in [0.2, 0.25) is 17.7 Å². The van der Waals surface area contributed by atoms with Crippen LogP contribution < -0.4 is 5.32 Å². The molecule has 0 radical (unpaired) electrons. The van der Waals surface area contributed by atoms with E-state index in [1.54, 1.807) is 18.2 Å². The average molecular weight is 484 g/mol. The number of hydrogen-bond acceptors (Lipinski definition) is 5. The number of aromatic nitrogens is 2. The van der Waals surface area contributed by atoms with Crippen LogP contribution in [0.5, 0.6) is 5.88 Å². The Labute approximate surface area is 207 Å². The molecule has 35 heavy (non-hydrogen) atoms. The van der Waals surface area contributed by atoms with E-state index in [0.29, 0.717) is 21.7 Å². The highest BCUT2D eigenvalue weighted by atomic mass is 35.5. The predicted molar refractivity (Wildman–Crippen MR) is 135 cm³/mol. The van der Waals surface area contributed by atoms with Gasteiger partial charge in [-0.15, -0.1) is 0 Å². The molecule has 2 heterocycles. The van der Waals surface area contributed by atoms with Crippen molar-refractivity contribution in [2.75, 3.05) is 0 Å².